The summed E-state index contributed by atoms with van der Waals surface area (Å²) in [6.45, 7) is 12.7. The molecule has 11 heteroatoms. The number of phosphoric acid groups is 1. The molecule has 1 aliphatic heterocycles. The lowest BCUT2D eigenvalue weighted by Crippen LogP contribution is -2.57. The molecule has 1 unspecified atom stereocenters. The van der Waals surface area contributed by atoms with E-state index >= 15 is 0 Å². The summed E-state index contributed by atoms with van der Waals surface area (Å²) in [4.78, 5) is 60.7. The fourth-order valence-electron chi connectivity index (χ4n) is 4.23. The Kier molecular flexibility index (Phi) is 9.88. The minimum atomic E-state index is -4.66. The van der Waals surface area contributed by atoms with E-state index in [1.807, 2.05) is 34.6 Å². The quantitative estimate of drug-likeness (QED) is 0.334. The topological polar surface area (TPSA) is 136 Å². The van der Waals surface area contributed by atoms with Crippen molar-refractivity contribution in [3.05, 3.63) is 35.9 Å². The van der Waals surface area contributed by atoms with E-state index in [0.29, 0.717) is 37.2 Å². The van der Waals surface area contributed by atoms with Crippen molar-refractivity contribution in [2.24, 2.45) is 5.41 Å². The SMILES string of the molecule is CCN(CC)C(=O)C1CCCN1C(=O)[C@@H](NC(=O)/C=C(\C)c1ccc(OP(=O)(O)O)cc1)C(C)(C)C. The Morgan fingerprint density at radius 3 is 2.28 bits per heavy atom. The van der Waals surface area contributed by atoms with E-state index in [-0.39, 0.29) is 17.6 Å². The number of rotatable bonds is 9. The van der Waals surface area contributed by atoms with Gasteiger partial charge in [0.05, 0.1) is 0 Å². The number of hydrogen-bond donors (Lipinski definition) is 3. The summed E-state index contributed by atoms with van der Waals surface area (Å²) in [6, 6.07) is 4.58. The molecular weight excluding hydrogens is 485 g/mol. The second kappa shape index (κ2) is 12.0. The van der Waals surface area contributed by atoms with Crippen LogP contribution < -0.4 is 9.84 Å². The zero-order chi connectivity index (χ0) is 27.3. The first kappa shape index (κ1) is 29.5. The van der Waals surface area contributed by atoms with Gasteiger partial charge in [-0.2, -0.15) is 0 Å². The normalized spacial score (nSPS) is 17.5. The van der Waals surface area contributed by atoms with Crippen molar-refractivity contribution >= 4 is 31.1 Å². The summed E-state index contributed by atoms with van der Waals surface area (Å²) in [7, 11) is -4.66. The Morgan fingerprint density at radius 2 is 1.78 bits per heavy atom. The van der Waals surface area contributed by atoms with Crippen LogP contribution in [0.5, 0.6) is 5.75 Å². The molecule has 0 aliphatic carbocycles. The van der Waals surface area contributed by atoms with E-state index in [4.69, 9.17) is 9.79 Å². The van der Waals surface area contributed by atoms with Gasteiger partial charge in [-0.1, -0.05) is 32.9 Å². The van der Waals surface area contributed by atoms with Crippen LogP contribution in [0.1, 0.15) is 59.9 Å². The van der Waals surface area contributed by atoms with Gasteiger partial charge in [-0.05, 0) is 62.3 Å². The average Bonchev–Trinajstić information content (AvgIpc) is 3.26. The zero-order valence-corrected chi connectivity index (χ0v) is 22.7. The Hall–Kier alpha value is -2.68. The molecule has 2 atom stereocenters. The van der Waals surface area contributed by atoms with E-state index in [1.165, 1.54) is 18.2 Å². The molecule has 1 heterocycles. The molecule has 10 nitrogen and oxygen atoms in total. The second-order valence-corrected chi connectivity index (χ2v) is 11.1. The number of nitrogens with zero attached hydrogens (tertiary/aromatic N) is 2. The summed E-state index contributed by atoms with van der Waals surface area (Å²) in [5.74, 6) is -0.792. The van der Waals surface area contributed by atoms with Crippen molar-refractivity contribution in [3.8, 4) is 5.75 Å². The van der Waals surface area contributed by atoms with Crippen LogP contribution in [0.15, 0.2) is 30.3 Å². The molecule has 0 saturated carbocycles. The van der Waals surface area contributed by atoms with Crippen LogP contribution in [-0.2, 0) is 18.9 Å². The fourth-order valence-corrected chi connectivity index (χ4v) is 4.62. The van der Waals surface area contributed by atoms with Gasteiger partial charge in [0.2, 0.25) is 17.7 Å². The largest absolute Gasteiger partial charge is 0.524 e. The van der Waals surface area contributed by atoms with Crippen molar-refractivity contribution in [2.75, 3.05) is 19.6 Å². The number of carbonyl (C=O) groups excluding carboxylic acids is 3. The van der Waals surface area contributed by atoms with Crippen molar-refractivity contribution in [2.45, 2.75) is 66.5 Å². The minimum absolute atomic E-state index is 0.00199. The van der Waals surface area contributed by atoms with Crippen molar-refractivity contribution in [1.29, 1.82) is 0 Å². The predicted molar refractivity (Wildman–Crippen MR) is 137 cm³/mol. The van der Waals surface area contributed by atoms with Crippen LogP contribution in [0.25, 0.3) is 5.57 Å². The van der Waals surface area contributed by atoms with Gasteiger partial charge in [-0.3, -0.25) is 24.2 Å². The summed E-state index contributed by atoms with van der Waals surface area (Å²) < 4.78 is 15.5. The van der Waals surface area contributed by atoms with Crippen LogP contribution in [0, 0.1) is 5.41 Å². The molecule has 0 spiro atoms. The Labute approximate surface area is 212 Å². The number of nitrogens with one attached hydrogen (secondary N) is 1. The molecule has 1 fully saturated rings. The summed E-state index contributed by atoms with van der Waals surface area (Å²) >= 11 is 0. The van der Waals surface area contributed by atoms with E-state index in [9.17, 15) is 18.9 Å². The monoisotopic (exact) mass is 523 g/mol. The minimum Gasteiger partial charge on any atom is -0.404 e. The van der Waals surface area contributed by atoms with Crippen LogP contribution in [-0.4, -0.2) is 69.0 Å². The fraction of sp³-hybridized carbons (Fsp3) is 0.560. The van der Waals surface area contributed by atoms with Crippen molar-refractivity contribution in [1.82, 2.24) is 15.1 Å². The predicted octanol–water partition coefficient (Wildman–Crippen LogP) is 2.95. The number of hydrogen-bond acceptors (Lipinski definition) is 5. The maximum atomic E-state index is 13.6. The third kappa shape index (κ3) is 7.91. The van der Waals surface area contributed by atoms with Crippen molar-refractivity contribution in [3.63, 3.8) is 0 Å². The third-order valence-corrected chi connectivity index (χ3v) is 6.63. The van der Waals surface area contributed by atoms with Gasteiger partial charge < -0.3 is 19.6 Å². The first-order valence-corrected chi connectivity index (χ1v) is 13.6. The van der Waals surface area contributed by atoms with Crippen LogP contribution >= 0.6 is 7.82 Å². The van der Waals surface area contributed by atoms with Crippen molar-refractivity contribution < 1.29 is 33.3 Å². The lowest BCUT2D eigenvalue weighted by molar-refractivity contribution is -0.147. The third-order valence-electron chi connectivity index (χ3n) is 6.18. The number of likely N-dealkylation sites (N-methyl/N-ethyl adjacent to an activating group) is 1. The molecule has 0 radical (unpaired) electrons. The maximum absolute atomic E-state index is 13.6. The van der Waals surface area contributed by atoms with Gasteiger partial charge in [0.1, 0.15) is 17.8 Å². The molecule has 2 rings (SSSR count). The highest BCUT2D eigenvalue weighted by Gasteiger charge is 2.42. The zero-order valence-electron chi connectivity index (χ0n) is 21.9. The summed E-state index contributed by atoms with van der Waals surface area (Å²) in [5.41, 5.74) is 0.638. The molecule has 0 bridgehead atoms. The second-order valence-electron chi connectivity index (χ2n) is 9.94. The molecule has 0 aromatic heterocycles. The lowest BCUT2D eigenvalue weighted by atomic mass is 9.85. The van der Waals surface area contributed by atoms with Crippen LogP contribution in [0.3, 0.4) is 0 Å². The molecule has 1 aromatic carbocycles. The van der Waals surface area contributed by atoms with E-state index < -0.39 is 31.2 Å². The Bertz CT molecular complexity index is 1020. The number of likely N-dealkylation sites (tertiary alicyclic amines) is 1. The van der Waals surface area contributed by atoms with Crippen LogP contribution in [0.4, 0.5) is 0 Å². The highest BCUT2D eigenvalue weighted by Crippen LogP contribution is 2.37. The number of benzene rings is 1. The van der Waals surface area contributed by atoms with Gasteiger partial charge in [0.25, 0.3) is 0 Å². The van der Waals surface area contributed by atoms with Gasteiger partial charge in [-0.15, -0.1) is 0 Å². The van der Waals surface area contributed by atoms with E-state index in [1.54, 1.807) is 28.9 Å². The lowest BCUT2D eigenvalue weighted by Gasteiger charge is -2.36. The summed E-state index contributed by atoms with van der Waals surface area (Å²) in [5, 5.41) is 2.83. The molecule has 1 saturated heterocycles. The molecular formula is C25H38N3O7P. The molecule has 3 amide bonds. The van der Waals surface area contributed by atoms with Gasteiger partial charge in [0, 0.05) is 25.7 Å². The summed E-state index contributed by atoms with van der Waals surface area (Å²) in [6.07, 6.45) is 2.70. The number of allylic oxidation sites excluding steroid dienone is 1. The van der Waals surface area contributed by atoms with E-state index in [2.05, 4.69) is 9.84 Å². The molecule has 3 N–H and O–H groups in total. The highest BCUT2D eigenvalue weighted by molar-refractivity contribution is 7.46. The van der Waals surface area contributed by atoms with Crippen LogP contribution in [0.2, 0.25) is 0 Å². The standard InChI is InChI=1S/C25H38N3O7P/c1-7-27(8-2)23(30)20-10-9-15-28(20)24(31)22(25(4,5)6)26-21(29)16-17(3)18-11-13-19(14-12-18)35-36(32,33)34/h11-14,16,20,22H,7-10,15H2,1-6H3,(H,26,29)(H2,32,33,34)/b17-16+/t20?,22-/m1/s1. The number of carbonyl (C=O) groups is 3. The number of amides is 3. The first-order valence-electron chi connectivity index (χ1n) is 12.1. The number of phosphoric ester groups is 1. The average molecular weight is 524 g/mol. The van der Waals surface area contributed by atoms with E-state index in [0.717, 1.165) is 6.42 Å². The first-order chi connectivity index (χ1) is 16.7. The highest BCUT2D eigenvalue weighted by atomic mass is 31.2. The molecule has 1 aliphatic rings. The molecule has 200 valence electrons. The van der Waals surface area contributed by atoms with Gasteiger partial charge in [0.15, 0.2) is 0 Å². The molecule has 1 aromatic rings. The Morgan fingerprint density at radius 1 is 1.19 bits per heavy atom. The maximum Gasteiger partial charge on any atom is 0.524 e. The Balaban J connectivity index is 2.19. The molecule has 36 heavy (non-hydrogen) atoms. The smallest absolute Gasteiger partial charge is 0.404 e. The van der Waals surface area contributed by atoms with Gasteiger partial charge in [-0.25, -0.2) is 4.57 Å². The van der Waals surface area contributed by atoms with Gasteiger partial charge >= 0.3 is 7.82 Å².